The molecule has 0 spiro atoms. The van der Waals surface area contributed by atoms with Crippen molar-refractivity contribution in [1.29, 1.82) is 5.26 Å². The van der Waals surface area contributed by atoms with Crippen LogP contribution in [0.2, 0.25) is 0 Å². The topological polar surface area (TPSA) is 240 Å². The van der Waals surface area contributed by atoms with E-state index in [1.807, 2.05) is 107 Å². The van der Waals surface area contributed by atoms with Crippen molar-refractivity contribution < 1.29 is 46.3 Å². The van der Waals surface area contributed by atoms with E-state index in [1.165, 1.54) is 28.6 Å². The van der Waals surface area contributed by atoms with Crippen molar-refractivity contribution in [1.82, 2.24) is 28.4 Å². The number of aromatic nitrogens is 4. The summed E-state index contributed by atoms with van der Waals surface area (Å²) in [6, 6.07) is 26.3. The summed E-state index contributed by atoms with van der Waals surface area (Å²) in [4.78, 5) is 56.7. The van der Waals surface area contributed by atoms with E-state index in [-0.39, 0.29) is 68.7 Å². The number of methoxy groups -OCH3 is 2. The van der Waals surface area contributed by atoms with Crippen LogP contribution in [0.4, 0.5) is 0 Å². The maximum atomic E-state index is 15.7. The number of piperidine rings is 1. The molecule has 2 aromatic heterocycles. The summed E-state index contributed by atoms with van der Waals surface area (Å²) in [6.45, 7) is 11.0. The molecule has 0 aliphatic carbocycles. The van der Waals surface area contributed by atoms with Crippen molar-refractivity contribution in [2.75, 3.05) is 41.1 Å². The summed E-state index contributed by atoms with van der Waals surface area (Å²) in [6.07, 6.45) is -1.98. The van der Waals surface area contributed by atoms with Gasteiger partial charge in [-0.2, -0.15) is 5.26 Å². The van der Waals surface area contributed by atoms with Gasteiger partial charge < -0.3 is 32.7 Å². The Hall–Kier alpha value is -5.59. The van der Waals surface area contributed by atoms with Gasteiger partial charge in [-0.05, 0) is 88.9 Å². The highest BCUT2D eigenvalue weighted by Gasteiger charge is 2.56. The summed E-state index contributed by atoms with van der Waals surface area (Å²) in [5.74, 6) is 1.28. The summed E-state index contributed by atoms with van der Waals surface area (Å²) < 4.78 is 79.8. The van der Waals surface area contributed by atoms with E-state index in [0.717, 1.165) is 16.7 Å². The Bertz CT molecular complexity index is 3050. The number of fused-ring (bicyclic) bond motifs is 1. The second-order valence-electron chi connectivity index (χ2n) is 19.4. The van der Waals surface area contributed by atoms with Gasteiger partial charge in [0.25, 0.3) is 19.6 Å². The Morgan fingerprint density at radius 3 is 1.83 bits per heavy atom. The quantitative estimate of drug-likeness (QED) is 0.0396. The number of H-pyrrole nitrogens is 2. The molecule has 0 amide bonds. The van der Waals surface area contributed by atoms with Crippen LogP contribution < -0.4 is 32.0 Å². The van der Waals surface area contributed by atoms with E-state index < -0.39 is 87.3 Å². The molecule has 3 aliphatic rings. The van der Waals surface area contributed by atoms with Gasteiger partial charge in [-0.1, -0.05) is 54.6 Å². The number of ether oxygens (including phenoxy) is 5. The first kappa shape index (κ1) is 56.6. The average molecular weight is 1090 g/mol. The van der Waals surface area contributed by atoms with Crippen LogP contribution in [0.3, 0.4) is 0 Å². The number of aryl methyl sites for hydroxylation is 2. The van der Waals surface area contributed by atoms with Crippen LogP contribution in [0.15, 0.2) is 110 Å². The van der Waals surface area contributed by atoms with E-state index in [4.69, 9.17) is 41.8 Å². The fourth-order valence-electron chi connectivity index (χ4n) is 10.3. The molecule has 0 radical (unpaired) electrons. The second-order valence-corrected chi connectivity index (χ2v) is 22.9. The highest BCUT2D eigenvalue weighted by atomic mass is 31.2. The molecule has 2 N–H and O–H groups in total. The zero-order chi connectivity index (χ0) is 54.5. The molecule has 5 heterocycles. The Labute approximate surface area is 442 Å². The van der Waals surface area contributed by atoms with Gasteiger partial charge in [0.2, 0.25) is 0 Å². The van der Waals surface area contributed by atoms with E-state index in [9.17, 15) is 24.4 Å². The first-order valence-electron chi connectivity index (χ1n) is 25.2. The van der Waals surface area contributed by atoms with Crippen LogP contribution in [0.1, 0.15) is 93.7 Å². The summed E-state index contributed by atoms with van der Waals surface area (Å²) in [5, 5.41) is 9.41. The van der Waals surface area contributed by atoms with Gasteiger partial charge in [-0.15, -0.1) is 0 Å². The predicted molar refractivity (Wildman–Crippen MR) is 282 cm³/mol. The van der Waals surface area contributed by atoms with E-state index in [0.29, 0.717) is 11.5 Å². The molecule has 408 valence electrons. The monoisotopic (exact) mass is 1090 g/mol. The summed E-state index contributed by atoms with van der Waals surface area (Å²) in [5.41, 5.74) is -0.844. The second kappa shape index (κ2) is 24.4. The maximum Gasteiger partial charge on any atom is 0.408 e. The molecule has 0 bridgehead atoms. The number of hydrogen-bond donors (Lipinski definition) is 2. The minimum absolute atomic E-state index is 0.0438. The summed E-state index contributed by atoms with van der Waals surface area (Å²) >= 11 is 0. The number of hydrogen-bond acceptors (Lipinski definition) is 16. The molecular weight excluding hydrogens is 1020 g/mol. The Kier molecular flexibility index (Phi) is 18.2. The molecule has 76 heavy (non-hydrogen) atoms. The Morgan fingerprint density at radius 2 is 1.32 bits per heavy atom. The third kappa shape index (κ3) is 11.8. The van der Waals surface area contributed by atoms with Crippen molar-refractivity contribution in [2.45, 2.75) is 128 Å². The minimum atomic E-state index is -4.36. The molecule has 3 saturated heterocycles. The van der Waals surface area contributed by atoms with Crippen molar-refractivity contribution in [3.05, 3.63) is 161 Å². The normalized spacial score (nSPS) is 23.1. The Morgan fingerprint density at radius 1 is 0.776 bits per heavy atom. The molecule has 3 aliphatic heterocycles. The highest BCUT2D eigenvalue weighted by molar-refractivity contribution is 7.51. The van der Waals surface area contributed by atoms with Gasteiger partial charge >= 0.3 is 19.1 Å². The molecular formula is C53H67N7O14P2. The van der Waals surface area contributed by atoms with Crippen LogP contribution >= 0.6 is 16.3 Å². The molecule has 2 unspecified atom stereocenters. The van der Waals surface area contributed by atoms with E-state index in [1.54, 1.807) is 32.7 Å². The molecule has 5 aromatic rings. The van der Waals surface area contributed by atoms with Crippen molar-refractivity contribution >= 4 is 16.3 Å². The zero-order valence-corrected chi connectivity index (χ0v) is 45.9. The van der Waals surface area contributed by atoms with E-state index >= 15 is 4.57 Å². The van der Waals surface area contributed by atoms with Crippen LogP contribution in [-0.2, 0) is 42.5 Å². The van der Waals surface area contributed by atoms with Crippen molar-refractivity contribution in [3.63, 3.8) is 0 Å². The number of rotatable bonds is 22. The molecule has 8 rings (SSSR count). The van der Waals surface area contributed by atoms with Gasteiger partial charge in [0.05, 0.1) is 58.2 Å². The Balaban J connectivity index is 1.17. The van der Waals surface area contributed by atoms with Crippen LogP contribution in [-0.4, -0.2) is 112 Å². The molecule has 23 heteroatoms. The SMILES string of the molecule is COc1ccc(C(O[C@@H]2CCN(P(=O)(OC)OC[C@H]3O[C@@H](n4cc(C)c(=O)[nH]c4=O)C[C@@H]3OP(OCCC#N)N(C(C)C)C(C)C)[C@H]3C[C@H](n4cc(C)c(=O)[nH]c4=O)O[C@H]23)(c2ccccc2)c2ccc(OC)cc2)cc1. The first-order valence-corrected chi connectivity index (χ1v) is 27.9. The third-order valence-electron chi connectivity index (χ3n) is 14.0. The molecule has 21 nitrogen and oxygen atoms in total. The van der Waals surface area contributed by atoms with Crippen LogP contribution in [0.25, 0.3) is 0 Å². The van der Waals surface area contributed by atoms with Gasteiger partial charge in [0, 0.05) is 62.1 Å². The lowest BCUT2D eigenvalue weighted by molar-refractivity contribution is -0.152. The largest absolute Gasteiger partial charge is 0.497 e. The lowest BCUT2D eigenvalue weighted by Crippen LogP contribution is -2.54. The third-order valence-corrected chi connectivity index (χ3v) is 18.2. The van der Waals surface area contributed by atoms with Gasteiger partial charge in [-0.25, -0.2) is 23.5 Å². The highest BCUT2D eigenvalue weighted by Crippen LogP contribution is 2.59. The molecule has 0 saturated carbocycles. The molecule has 3 fully saturated rings. The smallest absolute Gasteiger partial charge is 0.408 e. The first-order chi connectivity index (χ1) is 36.4. The average Bonchev–Trinajstić information content (AvgIpc) is 4.07. The maximum absolute atomic E-state index is 15.7. The number of aromatic amines is 2. The van der Waals surface area contributed by atoms with Gasteiger partial charge in [0.1, 0.15) is 41.8 Å². The summed E-state index contributed by atoms with van der Waals surface area (Å²) in [7, 11) is -1.71. The number of nitrogens with zero attached hydrogens (tertiary/aromatic N) is 5. The van der Waals surface area contributed by atoms with E-state index in [2.05, 4.69) is 20.7 Å². The number of nitriles is 1. The zero-order valence-electron chi connectivity index (χ0n) is 44.2. The minimum Gasteiger partial charge on any atom is -0.497 e. The van der Waals surface area contributed by atoms with Crippen molar-refractivity contribution in [3.8, 4) is 17.6 Å². The van der Waals surface area contributed by atoms with Gasteiger partial charge in [0.15, 0.2) is 0 Å². The number of benzene rings is 3. The predicted octanol–water partition coefficient (Wildman–Crippen LogP) is 7.18. The lowest BCUT2D eigenvalue weighted by Gasteiger charge is -2.46. The molecule has 3 aromatic carbocycles. The van der Waals surface area contributed by atoms with Crippen LogP contribution in [0, 0.1) is 25.2 Å². The molecule has 9 atom stereocenters. The fourth-order valence-corrected chi connectivity index (χ4v) is 13.8. The fraction of sp³-hybridized carbons (Fsp3) is 0.491. The number of nitrogens with one attached hydrogen (secondary N) is 2. The standard InChI is InChI=1S/C53H67N7O14P2/c1-33(2)60(34(3)4)75(69-27-13-25-54)74-44-29-47(58-31-36(6)50(62)56-52(58)64)71-45(44)32-70-76(65,68-9)59-26-24-43(48-42(59)28-46(72-48)57-30-35(5)49(61)55-51(57)63)73-53(37-14-11-10-12-15-37,38-16-20-40(66-7)21-17-38)39-18-22-41(67-8)23-19-39/h10-12,14-23,30-31,33-34,42-48H,13,24,26-29,32H2,1-9H3,(H,55,61,63)(H,56,62,64)/t42-,43+,44-,45+,46+,47+,48-,75?,76?/m0/s1. The van der Waals surface area contributed by atoms with Crippen LogP contribution in [0.5, 0.6) is 11.5 Å². The van der Waals surface area contributed by atoms with Gasteiger partial charge in [-0.3, -0.25) is 37.7 Å². The lowest BCUT2D eigenvalue weighted by atomic mass is 9.79. The van der Waals surface area contributed by atoms with Crippen molar-refractivity contribution in [2.24, 2.45) is 0 Å².